The Morgan fingerprint density at radius 3 is 3.06 bits per heavy atom. The third kappa shape index (κ3) is 2.13. The number of benzene rings is 1. The van der Waals surface area contributed by atoms with Crippen molar-refractivity contribution in [3.8, 4) is 5.75 Å². The number of anilines is 2. The summed E-state index contributed by atoms with van der Waals surface area (Å²) in [7, 11) is 0. The molecule has 0 bridgehead atoms. The zero-order valence-electron chi connectivity index (χ0n) is 9.86. The smallest absolute Gasteiger partial charge is 0.143 e. The Labute approximate surface area is 96.5 Å². The van der Waals surface area contributed by atoms with Gasteiger partial charge in [-0.05, 0) is 32.0 Å². The summed E-state index contributed by atoms with van der Waals surface area (Å²) in [6, 6.07) is 5.77. The number of rotatable bonds is 2. The van der Waals surface area contributed by atoms with Crippen molar-refractivity contribution in [1.29, 1.82) is 0 Å². The van der Waals surface area contributed by atoms with Crippen LogP contribution in [-0.2, 0) is 0 Å². The second-order valence-corrected chi connectivity index (χ2v) is 4.49. The third-order valence-electron chi connectivity index (χ3n) is 2.59. The molecule has 2 rings (SSSR count). The van der Waals surface area contributed by atoms with Crippen LogP contribution in [-0.4, -0.2) is 19.2 Å². The first-order chi connectivity index (χ1) is 7.56. The van der Waals surface area contributed by atoms with Crippen LogP contribution in [0.2, 0.25) is 0 Å². The van der Waals surface area contributed by atoms with Crippen LogP contribution in [0.15, 0.2) is 30.4 Å². The van der Waals surface area contributed by atoms with E-state index >= 15 is 0 Å². The standard InChI is InChI=1S/C13H18N2O/c1-9(2)7-15-8-10(3)16-13-5-4-11(14)6-12(13)15/h4-6,10H,1,7-8,14H2,2-3H3. The summed E-state index contributed by atoms with van der Waals surface area (Å²) in [5, 5.41) is 0. The van der Waals surface area contributed by atoms with E-state index in [1.807, 2.05) is 25.1 Å². The van der Waals surface area contributed by atoms with Crippen molar-refractivity contribution in [1.82, 2.24) is 0 Å². The monoisotopic (exact) mass is 218 g/mol. The molecule has 0 amide bonds. The van der Waals surface area contributed by atoms with E-state index in [-0.39, 0.29) is 6.10 Å². The van der Waals surface area contributed by atoms with Crippen LogP contribution in [0.5, 0.6) is 5.75 Å². The van der Waals surface area contributed by atoms with E-state index in [4.69, 9.17) is 10.5 Å². The molecule has 3 nitrogen and oxygen atoms in total. The number of hydrogen-bond acceptors (Lipinski definition) is 3. The highest BCUT2D eigenvalue weighted by molar-refractivity contribution is 5.66. The molecule has 1 aliphatic heterocycles. The predicted octanol–water partition coefficient (Wildman–Crippen LogP) is 2.43. The summed E-state index contributed by atoms with van der Waals surface area (Å²) in [4.78, 5) is 2.27. The topological polar surface area (TPSA) is 38.5 Å². The minimum absolute atomic E-state index is 0.204. The molecule has 0 saturated carbocycles. The van der Waals surface area contributed by atoms with Gasteiger partial charge in [0.2, 0.25) is 0 Å². The molecule has 0 aliphatic carbocycles. The zero-order chi connectivity index (χ0) is 11.7. The molecular weight excluding hydrogens is 200 g/mol. The first-order valence-corrected chi connectivity index (χ1v) is 5.52. The number of nitrogens with two attached hydrogens (primary N) is 1. The van der Waals surface area contributed by atoms with E-state index in [1.54, 1.807) is 0 Å². The lowest BCUT2D eigenvalue weighted by Gasteiger charge is -2.35. The molecule has 0 aromatic heterocycles. The van der Waals surface area contributed by atoms with Gasteiger partial charge in [0.25, 0.3) is 0 Å². The first-order valence-electron chi connectivity index (χ1n) is 5.52. The lowest BCUT2D eigenvalue weighted by molar-refractivity contribution is 0.214. The minimum atomic E-state index is 0.204. The Morgan fingerprint density at radius 2 is 2.38 bits per heavy atom. The molecule has 1 heterocycles. The maximum Gasteiger partial charge on any atom is 0.143 e. The SMILES string of the molecule is C=C(C)CN1CC(C)Oc2ccc(N)cc21. The fourth-order valence-corrected chi connectivity index (χ4v) is 2.02. The average molecular weight is 218 g/mol. The minimum Gasteiger partial charge on any atom is -0.487 e. The third-order valence-corrected chi connectivity index (χ3v) is 2.59. The number of fused-ring (bicyclic) bond motifs is 1. The molecule has 1 atom stereocenters. The molecule has 86 valence electrons. The second kappa shape index (κ2) is 4.08. The van der Waals surface area contributed by atoms with E-state index in [9.17, 15) is 0 Å². The van der Waals surface area contributed by atoms with Crippen molar-refractivity contribution in [3.63, 3.8) is 0 Å². The molecule has 16 heavy (non-hydrogen) atoms. The van der Waals surface area contributed by atoms with Crippen LogP contribution < -0.4 is 15.4 Å². The van der Waals surface area contributed by atoms with Gasteiger partial charge in [-0.1, -0.05) is 12.2 Å². The summed E-state index contributed by atoms with van der Waals surface area (Å²) in [5.41, 5.74) is 8.78. The first kappa shape index (κ1) is 10.9. The Bertz CT molecular complexity index is 414. The molecular formula is C13H18N2O. The van der Waals surface area contributed by atoms with Crippen LogP contribution >= 0.6 is 0 Å². The Hall–Kier alpha value is -1.64. The Balaban J connectivity index is 2.35. The van der Waals surface area contributed by atoms with E-state index in [0.717, 1.165) is 35.8 Å². The van der Waals surface area contributed by atoms with Gasteiger partial charge in [0.05, 0.1) is 12.2 Å². The predicted molar refractivity (Wildman–Crippen MR) is 68.0 cm³/mol. The van der Waals surface area contributed by atoms with Crippen LogP contribution in [0.4, 0.5) is 11.4 Å². The van der Waals surface area contributed by atoms with Gasteiger partial charge >= 0.3 is 0 Å². The van der Waals surface area contributed by atoms with E-state index in [1.165, 1.54) is 0 Å². The summed E-state index contributed by atoms with van der Waals surface area (Å²) in [6.45, 7) is 9.79. The maximum absolute atomic E-state index is 5.80. The highest BCUT2D eigenvalue weighted by atomic mass is 16.5. The molecule has 0 spiro atoms. The van der Waals surface area contributed by atoms with Crippen LogP contribution in [0.3, 0.4) is 0 Å². The summed E-state index contributed by atoms with van der Waals surface area (Å²) >= 11 is 0. The number of hydrogen-bond donors (Lipinski definition) is 1. The summed E-state index contributed by atoms with van der Waals surface area (Å²) in [6.07, 6.45) is 0.204. The van der Waals surface area contributed by atoms with Crippen LogP contribution in [0.1, 0.15) is 13.8 Å². The van der Waals surface area contributed by atoms with Crippen molar-refractivity contribution in [3.05, 3.63) is 30.4 Å². The fourth-order valence-electron chi connectivity index (χ4n) is 2.02. The van der Waals surface area contributed by atoms with E-state index < -0.39 is 0 Å². The van der Waals surface area contributed by atoms with Gasteiger partial charge < -0.3 is 15.4 Å². The van der Waals surface area contributed by atoms with Gasteiger partial charge in [-0.25, -0.2) is 0 Å². The highest BCUT2D eigenvalue weighted by Crippen LogP contribution is 2.35. The van der Waals surface area contributed by atoms with Crippen molar-refractivity contribution in [2.45, 2.75) is 20.0 Å². The molecule has 1 aromatic carbocycles. The Kier molecular flexibility index (Phi) is 2.77. The lowest BCUT2D eigenvalue weighted by Crippen LogP contribution is -2.39. The lowest BCUT2D eigenvalue weighted by atomic mass is 10.1. The largest absolute Gasteiger partial charge is 0.487 e. The number of nitrogen functional groups attached to an aromatic ring is 1. The zero-order valence-corrected chi connectivity index (χ0v) is 9.86. The summed E-state index contributed by atoms with van der Waals surface area (Å²) in [5.74, 6) is 0.911. The normalized spacial score (nSPS) is 18.9. The van der Waals surface area contributed by atoms with E-state index in [2.05, 4.69) is 18.4 Å². The van der Waals surface area contributed by atoms with Gasteiger partial charge in [0.15, 0.2) is 0 Å². The maximum atomic E-state index is 5.80. The van der Waals surface area contributed by atoms with E-state index in [0.29, 0.717) is 0 Å². The molecule has 1 aromatic rings. The molecule has 1 aliphatic rings. The Morgan fingerprint density at radius 1 is 1.62 bits per heavy atom. The quantitative estimate of drug-likeness (QED) is 0.612. The molecule has 0 saturated heterocycles. The van der Waals surface area contributed by atoms with Crippen molar-refractivity contribution in [2.75, 3.05) is 23.7 Å². The fraction of sp³-hybridized carbons (Fsp3) is 0.385. The number of ether oxygens (including phenoxy) is 1. The van der Waals surface area contributed by atoms with Crippen molar-refractivity contribution in [2.24, 2.45) is 0 Å². The average Bonchev–Trinajstić information content (AvgIpc) is 2.18. The molecule has 0 fully saturated rings. The second-order valence-electron chi connectivity index (χ2n) is 4.49. The van der Waals surface area contributed by atoms with Gasteiger partial charge in [-0.2, -0.15) is 0 Å². The molecule has 2 N–H and O–H groups in total. The van der Waals surface area contributed by atoms with Gasteiger partial charge in [0, 0.05) is 12.2 Å². The number of nitrogens with zero attached hydrogens (tertiary/aromatic N) is 1. The highest BCUT2D eigenvalue weighted by Gasteiger charge is 2.22. The van der Waals surface area contributed by atoms with Crippen LogP contribution in [0, 0.1) is 0 Å². The van der Waals surface area contributed by atoms with Gasteiger partial charge in [-0.15, -0.1) is 0 Å². The summed E-state index contributed by atoms with van der Waals surface area (Å²) < 4.78 is 5.77. The molecule has 1 unspecified atom stereocenters. The van der Waals surface area contributed by atoms with Gasteiger partial charge in [-0.3, -0.25) is 0 Å². The van der Waals surface area contributed by atoms with Crippen molar-refractivity contribution < 1.29 is 4.74 Å². The molecule has 0 radical (unpaired) electrons. The van der Waals surface area contributed by atoms with Crippen molar-refractivity contribution >= 4 is 11.4 Å². The van der Waals surface area contributed by atoms with Crippen LogP contribution in [0.25, 0.3) is 0 Å². The molecule has 3 heteroatoms. The van der Waals surface area contributed by atoms with Gasteiger partial charge in [0.1, 0.15) is 11.9 Å².